The minimum absolute atomic E-state index is 0.00694. The zero-order chi connectivity index (χ0) is 15.3. The fourth-order valence-corrected chi connectivity index (χ4v) is 2.38. The topological polar surface area (TPSA) is 75.9 Å². The third-order valence-electron chi connectivity index (χ3n) is 3.35. The molecule has 1 unspecified atom stereocenters. The first-order chi connectivity index (χ1) is 9.28. The predicted molar refractivity (Wildman–Crippen MR) is 77.3 cm³/mol. The Bertz CT molecular complexity index is 352. The summed E-state index contributed by atoms with van der Waals surface area (Å²) in [6, 6.07) is 0.0281. The average molecular weight is 285 g/mol. The summed E-state index contributed by atoms with van der Waals surface area (Å²) in [5.74, 6) is -0.0801. The minimum Gasteiger partial charge on any atom is -0.444 e. The van der Waals surface area contributed by atoms with E-state index in [2.05, 4.69) is 0 Å². The maximum Gasteiger partial charge on any atom is 0.410 e. The number of likely N-dealkylation sites (tertiary alicyclic amines) is 1. The molecule has 0 aliphatic carbocycles. The Labute approximate surface area is 121 Å². The van der Waals surface area contributed by atoms with E-state index < -0.39 is 5.60 Å². The van der Waals surface area contributed by atoms with E-state index in [1.807, 2.05) is 27.7 Å². The Kier molecular flexibility index (Phi) is 5.80. The second-order valence-corrected chi connectivity index (χ2v) is 6.11. The highest BCUT2D eigenvalue weighted by molar-refractivity contribution is 5.78. The van der Waals surface area contributed by atoms with Crippen LogP contribution in [0.1, 0.15) is 40.5 Å². The summed E-state index contributed by atoms with van der Waals surface area (Å²) in [5.41, 5.74) is 4.91. The number of carbonyl (C=O) groups excluding carboxylic acids is 2. The molecule has 20 heavy (non-hydrogen) atoms. The van der Waals surface area contributed by atoms with Crippen molar-refractivity contribution in [1.29, 1.82) is 0 Å². The van der Waals surface area contributed by atoms with E-state index in [-0.39, 0.29) is 24.6 Å². The van der Waals surface area contributed by atoms with E-state index in [9.17, 15) is 9.59 Å². The number of amides is 2. The lowest BCUT2D eigenvalue weighted by atomic mass is 10.2. The van der Waals surface area contributed by atoms with Crippen LogP contribution >= 0.6 is 0 Å². The molecule has 1 aliphatic heterocycles. The molecular weight excluding hydrogens is 258 g/mol. The molecular formula is C14H27N3O3. The molecule has 0 spiro atoms. The molecule has 0 saturated carbocycles. The summed E-state index contributed by atoms with van der Waals surface area (Å²) in [6.45, 7) is 9.31. The molecule has 1 fully saturated rings. The van der Waals surface area contributed by atoms with Crippen molar-refractivity contribution in [3.05, 3.63) is 0 Å². The van der Waals surface area contributed by atoms with E-state index in [1.165, 1.54) is 0 Å². The van der Waals surface area contributed by atoms with Gasteiger partial charge in [0.05, 0.1) is 12.6 Å². The Balaban J connectivity index is 2.65. The second kappa shape index (κ2) is 6.92. The molecule has 0 aromatic rings. The van der Waals surface area contributed by atoms with Crippen LogP contribution in [-0.2, 0) is 9.53 Å². The van der Waals surface area contributed by atoms with Crippen molar-refractivity contribution in [1.82, 2.24) is 9.80 Å². The van der Waals surface area contributed by atoms with Crippen LogP contribution in [0.5, 0.6) is 0 Å². The SMILES string of the molecule is CCN(CC1CCCN1C(=O)OC(C)(C)C)C(=O)CN. The maximum absolute atomic E-state index is 12.2. The zero-order valence-corrected chi connectivity index (χ0v) is 13.0. The zero-order valence-electron chi connectivity index (χ0n) is 13.0. The summed E-state index contributed by atoms with van der Waals surface area (Å²) in [4.78, 5) is 27.3. The van der Waals surface area contributed by atoms with Gasteiger partial charge in [-0.25, -0.2) is 4.79 Å². The number of nitrogens with two attached hydrogens (primary N) is 1. The van der Waals surface area contributed by atoms with Crippen LogP contribution < -0.4 is 5.73 Å². The van der Waals surface area contributed by atoms with Gasteiger partial charge in [0.2, 0.25) is 5.91 Å². The van der Waals surface area contributed by atoms with Gasteiger partial charge in [-0.05, 0) is 40.5 Å². The van der Waals surface area contributed by atoms with Crippen molar-refractivity contribution in [3.8, 4) is 0 Å². The smallest absolute Gasteiger partial charge is 0.410 e. The molecule has 116 valence electrons. The molecule has 1 atom stereocenters. The number of rotatable bonds is 4. The molecule has 0 aromatic carbocycles. The minimum atomic E-state index is -0.498. The van der Waals surface area contributed by atoms with Gasteiger partial charge < -0.3 is 20.3 Å². The van der Waals surface area contributed by atoms with Gasteiger partial charge in [0.15, 0.2) is 0 Å². The summed E-state index contributed by atoms with van der Waals surface area (Å²) in [7, 11) is 0. The van der Waals surface area contributed by atoms with Crippen molar-refractivity contribution in [3.63, 3.8) is 0 Å². The van der Waals surface area contributed by atoms with Crippen LogP contribution in [0.15, 0.2) is 0 Å². The molecule has 0 bridgehead atoms. The number of hydrogen-bond donors (Lipinski definition) is 1. The van der Waals surface area contributed by atoms with E-state index in [0.29, 0.717) is 19.6 Å². The molecule has 2 amide bonds. The van der Waals surface area contributed by atoms with Gasteiger partial charge in [0, 0.05) is 19.6 Å². The van der Waals surface area contributed by atoms with Crippen molar-refractivity contribution < 1.29 is 14.3 Å². The highest BCUT2D eigenvalue weighted by atomic mass is 16.6. The van der Waals surface area contributed by atoms with Crippen LogP contribution in [-0.4, -0.2) is 59.6 Å². The standard InChI is InChI=1S/C14H27N3O3/c1-5-16(12(18)9-15)10-11-7-6-8-17(11)13(19)20-14(2,3)4/h11H,5-10,15H2,1-4H3. The van der Waals surface area contributed by atoms with Gasteiger partial charge in [-0.3, -0.25) is 4.79 Å². The van der Waals surface area contributed by atoms with Gasteiger partial charge >= 0.3 is 6.09 Å². The van der Waals surface area contributed by atoms with E-state index in [1.54, 1.807) is 9.80 Å². The fourth-order valence-electron chi connectivity index (χ4n) is 2.38. The molecule has 2 N–H and O–H groups in total. The molecule has 6 nitrogen and oxygen atoms in total. The number of ether oxygens (including phenoxy) is 1. The quantitative estimate of drug-likeness (QED) is 0.842. The highest BCUT2D eigenvalue weighted by Gasteiger charge is 2.33. The molecule has 1 aliphatic rings. The van der Waals surface area contributed by atoms with Gasteiger partial charge in [0.1, 0.15) is 5.60 Å². The van der Waals surface area contributed by atoms with E-state index in [4.69, 9.17) is 10.5 Å². The highest BCUT2D eigenvalue weighted by Crippen LogP contribution is 2.21. The number of likely N-dealkylation sites (N-methyl/N-ethyl adjacent to an activating group) is 1. The van der Waals surface area contributed by atoms with Gasteiger partial charge in [-0.2, -0.15) is 0 Å². The summed E-state index contributed by atoms with van der Waals surface area (Å²) < 4.78 is 5.41. The molecule has 1 heterocycles. The Hall–Kier alpha value is -1.30. The number of carbonyl (C=O) groups is 2. The first-order valence-electron chi connectivity index (χ1n) is 7.26. The lowest BCUT2D eigenvalue weighted by molar-refractivity contribution is -0.130. The lowest BCUT2D eigenvalue weighted by Crippen LogP contribution is -2.47. The van der Waals surface area contributed by atoms with Crippen molar-refractivity contribution in [2.24, 2.45) is 5.73 Å². The average Bonchev–Trinajstić information content (AvgIpc) is 2.81. The predicted octanol–water partition coefficient (Wildman–Crippen LogP) is 1.19. The molecule has 1 saturated heterocycles. The maximum atomic E-state index is 12.2. The number of nitrogens with zero attached hydrogens (tertiary/aromatic N) is 2. The van der Waals surface area contributed by atoms with Gasteiger partial charge in [0.25, 0.3) is 0 Å². The summed E-state index contributed by atoms with van der Waals surface area (Å²) in [6.07, 6.45) is 1.54. The first kappa shape index (κ1) is 16.8. The van der Waals surface area contributed by atoms with Crippen LogP contribution in [0, 0.1) is 0 Å². The second-order valence-electron chi connectivity index (χ2n) is 6.11. The molecule has 6 heteroatoms. The van der Waals surface area contributed by atoms with Gasteiger partial charge in [-0.1, -0.05) is 0 Å². The monoisotopic (exact) mass is 285 g/mol. The Morgan fingerprint density at radius 1 is 1.40 bits per heavy atom. The van der Waals surface area contributed by atoms with Crippen molar-refractivity contribution >= 4 is 12.0 Å². The van der Waals surface area contributed by atoms with E-state index in [0.717, 1.165) is 12.8 Å². The van der Waals surface area contributed by atoms with Crippen LogP contribution in [0.4, 0.5) is 4.79 Å². The third kappa shape index (κ3) is 4.67. The largest absolute Gasteiger partial charge is 0.444 e. The number of hydrogen-bond acceptors (Lipinski definition) is 4. The van der Waals surface area contributed by atoms with Gasteiger partial charge in [-0.15, -0.1) is 0 Å². The van der Waals surface area contributed by atoms with Crippen molar-refractivity contribution in [2.45, 2.75) is 52.2 Å². The lowest BCUT2D eigenvalue weighted by Gasteiger charge is -2.31. The van der Waals surface area contributed by atoms with Crippen molar-refractivity contribution in [2.75, 3.05) is 26.2 Å². The van der Waals surface area contributed by atoms with Crippen LogP contribution in [0.2, 0.25) is 0 Å². The summed E-state index contributed by atoms with van der Waals surface area (Å²) >= 11 is 0. The summed E-state index contributed by atoms with van der Waals surface area (Å²) in [5, 5.41) is 0. The van der Waals surface area contributed by atoms with Crippen LogP contribution in [0.3, 0.4) is 0 Å². The first-order valence-corrected chi connectivity index (χ1v) is 7.26. The Morgan fingerprint density at radius 3 is 2.55 bits per heavy atom. The normalized spacial score (nSPS) is 19.1. The van der Waals surface area contributed by atoms with Crippen LogP contribution in [0.25, 0.3) is 0 Å². The third-order valence-corrected chi connectivity index (χ3v) is 3.35. The van der Waals surface area contributed by atoms with E-state index >= 15 is 0 Å². The molecule has 0 radical (unpaired) electrons. The Morgan fingerprint density at radius 2 is 2.05 bits per heavy atom. The molecule has 1 rings (SSSR count). The molecule has 0 aromatic heterocycles. The fraction of sp³-hybridized carbons (Fsp3) is 0.857.